The summed E-state index contributed by atoms with van der Waals surface area (Å²) in [6.07, 6.45) is -6.20. The van der Waals surface area contributed by atoms with Crippen molar-refractivity contribution in [2.24, 2.45) is 0 Å². The Morgan fingerprint density at radius 2 is 1.60 bits per heavy atom. The highest BCUT2D eigenvalue weighted by atomic mass is 19.4. The van der Waals surface area contributed by atoms with Crippen molar-refractivity contribution in [3.63, 3.8) is 0 Å². The van der Waals surface area contributed by atoms with E-state index in [9.17, 15) is 31.1 Å². The molecule has 1 amide bonds. The fourth-order valence-electron chi connectivity index (χ4n) is 3.88. The predicted octanol–water partition coefficient (Wildman–Crippen LogP) is 3.60. The van der Waals surface area contributed by atoms with Crippen LogP contribution in [0.4, 0.5) is 26.3 Å². The van der Waals surface area contributed by atoms with Gasteiger partial charge in [-0.25, -0.2) is 0 Å². The van der Waals surface area contributed by atoms with Gasteiger partial charge in [0.25, 0.3) is 0 Å². The zero-order valence-corrected chi connectivity index (χ0v) is 16.4. The van der Waals surface area contributed by atoms with Gasteiger partial charge in [0, 0.05) is 12.6 Å². The Bertz CT molecular complexity index is 707. The van der Waals surface area contributed by atoms with Gasteiger partial charge in [0.2, 0.25) is 5.91 Å². The molecule has 0 aliphatic carbocycles. The zero-order valence-electron chi connectivity index (χ0n) is 16.4. The summed E-state index contributed by atoms with van der Waals surface area (Å²) >= 11 is 0. The molecule has 1 aromatic rings. The average Bonchev–Trinajstić information content (AvgIpc) is 2.62. The van der Waals surface area contributed by atoms with Crippen LogP contribution >= 0.6 is 0 Å². The van der Waals surface area contributed by atoms with Gasteiger partial charge < -0.3 is 10.6 Å². The number of amides is 1. The standard InChI is InChI=1S/C20H25F6N3O/c21-19(22,23)14-8-13(9-15(11-14)20(24,25)26)10-16(29-6-2-1-3-7-29)12-28-18(30)17-4-5-27-17/h8-9,11,16-17,27H,1-7,10,12H2,(H,28,30)/t16?,17-/m0/s1. The van der Waals surface area contributed by atoms with Gasteiger partial charge >= 0.3 is 12.4 Å². The number of nitrogens with zero attached hydrogens (tertiary/aromatic N) is 1. The number of alkyl halides is 6. The Balaban J connectivity index is 1.81. The minimum atomic E-state index is -4.87. The van der Waals surface area contributed by atoms with E-state index in [2.05, 4.69) is 10.6 Å². The Labute approximate surface area is 171 Å². The fourth-order valence-corrected chi connectivity index (χ4v) is 3.88. The summed E-state index contributed by atoms with van der Waals surface area (Å²) < 4.78 is 79.0. The number of benzene rings is 1. The third-order valence-corrected chi connectivity index (χ3v) is 5.68. The van der Waals surface area contributed by atoms with E-state index in [1.807, 2.05) is 4.90 Å². The maximum atomic E-state index is 13.2. The van der Waals surface area contributed by atoms with Crippen molar-refractivity contribution in [1.29, 1.82) is 0 Å². The van der Waals surface area contributed by atoms with Crippen LogP contribution in [0.1, 0.15) is 42.4 Å². The predicted molar refractivity (Wildman–Crippen MR) is 98.8 cm³/mol. The van der Waals surface area contributed by atoms with Crippen molar-refractivity contribution in [1.82, 2.24) is 15.5 Å². The quantitative estimate of drug-likeness (QED) is 0.669. The highest BCUT2D eigenvalue weighted by Gasteiger charge is 2.37. The molecule has 0 saturated carbocycles. The van der Waals surface area contributed by atoms with E-state index in [1.165, 1.54) is 0 Å². The lowest BCUT2D eigenvalue weighted by Crippen LogP contribution is -2.55. The maximum absolute atomic E-state index is 13.2. The molecule has 2 atom stereocenters. The number of rotatable bonds is 6. The van der Waals surface area contributed by atoms with Crippen LogP contribution in [-0.2, 0) is 23.6 Å². The van der Waals surface area contributed by atoms with Crippen molar-refractivity contribution < 1.29 is 31.1 Å². The van der Waals surface area contributed by atoms with Crippen molar-refractivity contribution in [3.8, 4) is 0 Å². The molecule has 3 rings (SSSR count). The van der Waals surface area contributed by atoms with Crippen molar-refractivity contribution >= 4 is 5.91 Å². The van der Waals surface area contributed by atoms with Crippen LogP contribution in [0.2, 0.25) is 0 Å². The van der Waals surface area contributed by atoms with Crippen LogP contribution in [0, 0.1) is 0 Å². The van der Waals surface area contributed by atoms with E-state index in [4.69, 9.17) is 0 Å². The lowest BCUT2D eigenvalue weighted by atomic mass is 9.97. The Morgan fingerprint density at radius 1 is 1.03 bits per heavy atom. The Morgan fingerprint density at radius 3 is 2.07 bits per heavy atom. The molecule has 2 saturated heterocycles. The number of hydrogen-bond acceptors (Lipinski definition) is 3. The maximum Gasteiger partial charge on any atom is 0.416 e. The van der Waals surface area contributed by atoms with E-state index >= 15 is 0 Å². The molecule has 4 nitrogen and oxygen atoms in total. The molecule has 1 aromatic carbocycles. The highest BCUT2D eigenvalue weighted by Crippen LogP contribution is 2.36. The first-order chi connectivity index (χ1) is 14.0. The fraction of sp³-hybridized carbons (Fsp3) is 0.650. The number of piperidine rings is 1. The molecule has 2 N–H and O–H groups in total. The van der Waals surface area contributed by atoms with E-state index in [0.29, 0.717) is 19.5 Å². The van der Waals surface area contributed by atoms with Crippen molar-refractivity contribution in [2.45, 2.75) is 56.5 Å². The summed E-state index contributed by atoms with van der Waals surface area (Å²) in [6, 6.07) is 1.04. The number of halogens is 6. The van der Waals surface area contributed by atoms with Crippen LogP contribution in [0.5, 0.6) is 0 Å². The summed E-state index contributed by atoms with van der Waals surface area (Å²) in [7, 11) is 0. The third kappa shape index (κ3) is 5.87. The third-order valence-electron chi connectivity index (χ3n) is 5.68. The normalized spacial score (nSPS) is 21.7. The summed E-state index contributed by atoms with van der Waals surface area (Å²) in [5, 5.41) is 5.78. The topological polar surface area (TPSA) is 44.4 Å². The van der Waals surface area contributed by atoms with Crippen LogP contribution in [0.15, 0.2) is 18.2 Å². The molecule has 0 aromatic heterocycles. The van der Waals surface area contributed by atoms with Gasteiger partial charge in [-0.1, -0.05) is 6.42 Å². The number of carbonyl (C=O) groups is 1. The summed E-state index contributed by atoms with van der Waals surface area (Å²) in [4.78, 5) is 14.2. The minimum absolute atomic E-state index is 0.00856. The second-order valence-corrected chi connectivity index (χ2v) is 7.91. The number of hydrogen-bond donors (Lipinski definition) is 2. The second kappa shape index (κ2) is 9.13. The van der Waals surface area contributed by atoms with Gasteiger partial charge in [-0.05, 0) is 69.1 Å². The number of likely N-dealkylation sites (tertiary alicyclic amines) is 1. The SMILES string of the molecule is O=C(NCC(Cc1cc(C(F)(F)F)cc(C(F)(F)F)c1)N1CCCCC1)[C@@H]1CCN1. The molecular formula is C20H25F6N3O. The molecule has 2 aliphatic heterocycles. The Hall–Kier alpha value is -1.81. The number of nitrogens with one attached hydrogen (secondary N) is 2. The molecule has 1 unspecified atom stereocenters. The number of carbonyl (C=O) groups excluding carboxylic acids is 1. The largest absolute Gasteiger partial charge is 0.416 e. The van der Waals surface area contributed by atoms with Gasteiger partial charge in [0.05, 0.1) is 17.2 Å². The van der Waals surface area contributed by atoms with E-state index < -0.39 is 23.5 Å². The average molecular weight is 437 g/mol. The van der Waals surface area contributed by atoms with Gasteiger partial charge in [-0.3, -0.25) is 9.69 Å². The molecule has 2 heterocycles. The van der Waals surface area contributed by atoms with Crippen LogP contribution in [0.3, 0.4) is 0 Å². The first-order valence-electron chi connectivity index (χ1n) is 10.1. The van der Waals surface area contributed by atoms with E-state index in [1.54, 1.807) is 0 Å². The van der Waals surface area contributed by atoms with Gasteiger partial charge in [0.1, 0.15) is 0 Å². The first-order valence-corrected chi connectivity index (χ1v) is 10.1. The summed E-state index contributed by atoms with van der Waals surface area (Å²) in [5.74, 6) is -0.191. The van der Waals surface area contributed by atoms with Crippen LogP contribution in [-0.4, -0.2) is 49.1 Å². The molecule has 2 fully saturated rings. The van der Waals surface area contributed by atoms with Gasteiger partial charge in [-0.2, -0.15) is 26.3 Å². The summed E-state index contributed by atoms with van der Waals surface area (Å²) in [5.41, 5.74) is -2.66. The van der Waals surface area contributed by atoms with Crippen LogP contribution < -0.4 is 10.6 Å². The molecule has 0 bridgehead atoms. The molecule has 30 heavy (non-hydrogen) atoms. The summed E-state index contributed by atoms with van der Waals surface area (Å²) in [6.45, 7) is 2.33. The van der Waals surface area contributed by atoms with E-state index in [0.717, 1.165) is 37.9 Å². The lowest BCUT2D eigenvalue weighted by Gasteiger charge is -2.36. The zero-order chi connectivity index (χ0) is 21.9. The lowest BCUT2D eigenvalue weighted by molar-refractivity contribution is -0.143. The molecule has 10 heteroatoms. The highest BCUT2D eigenvalue weighted by molar-refractivity contribution is 5.82. The molecule has 0 radical (unpaired) electrons. The first kappa shape index (κ1) is 22.9. The van der Waals surface area contributed by atoms with E-state index in [-0.39, 0.29) is 42.6 Å². The minimum Gasteiger partial charge on any atom is -0.353 e. The molecule has 168 valence electrons. The molecule has 0 spiro atoms. The monoisotopic (exact) mass is 437 g/mol. The van der Waals surface area contributed by atoms with Gasteiger partial charge in [-0.15, -0.1) is 0 Å². The molecule has 2 aliphatic rings. The smallest absolute Gasteiger partial charge is 0.353 e. The van der Waals surface area contributed by atoms with Gasteiger partial charge in [0.15, 0.2) is 0 Å². The van der Waals surface area contributed by atoms with Crippen molar-refractivity contribution in [3.05, 3.63) is 34.9 Å². The molecular weight excluding hydrogens is 412 g/mol. The second-order valence-electron chi connectivity index (χ2n) is 7.91. The van der Waals surface area contributed by atoms with Crippen molar-refractivity contribution in [2.75, 3.05) is 26.2 Å². The van der Waals surface area contributed by atoms with Crippen LogP contribution in [0.25, 0.3) is 0 Å². The Kier molecular flexibility index (Phi) is 6.96.